The minimum atomic E-state index is -0.131. The first kappa shape index (κ1) is 16.5. The van der Waals surface area contributed by atoms with Gasteiger partial charge in [0.1, 0.15) is 5.75 Å². The fourth-order valence-corrected chi connectivity index (χ4v) is 2.29. The van der Waals surface area contributed by atoms with Crippen LogP contribution in [0.5, 0.6) is 5.75 Å². The molecule has 2 aromatic rings. The molecule has 1 amide bonds. The van der Waals surface area contributed by atoms with Gasteiger partial charge in [-0.1, -0.05) is 35.3 Å². The molecule has 0 saturated heterocycles. The third kappa shape index (κ3) is 4.83. The minimum absolute atomic E-state index is 0.131. The van der Waals surface area contributed by atoms with E-state index < -0.39 is 0 Å². The number of ether oxygens (including phenoxy) is 1. The smallest absolute Gasteiger partial charge is 0.224 e. The topological polar surface area (TPSA) is 64.3 Å². The Bertz CT molecular complexity index is 662. The third-order valence-corrected chi connectivity index (χ3v) is 3.48. The Morgan fingerprint density at radius 1 is 1.18 bits per heavy atom. The van der Waals surface area contributed by atoms with Crippen molar-refractivity contribution < 1.29 is 9.53 Å². The number of anilines is 2. The van der Waals surface area contributed by atoms with E-state index in [4.69, 9.17) is 33.7 Å². The van der Waals surface area contributed by atoms with Crippen LogP contribution in [0.2, 0.25) is 10.0 Å². The maximum Gasteiger partial charge on any atom is 0.224 e. The predicted molar refractivity (Wildman–Crippen MR) is 90.7 cm³/mol. The lowest BCUT2D eigenvalue weighted by Gasteiger charge is -2.09. The zero-order chi connectivity index (χ0) is 15.9. The van der Waals surface area contributed by atoms with Crippen LogP contribution in [0.4, 0.5) is 11.4 Å². The van der Waals surface area contributed by atoms with E-state index in [1.807, 2.05) is 12.1 Å². The van der Waals surface area contributed by atoms with Crippen LogP contribution in [0, 0.1) is 0 Å². The van der Waals surface area contributed by atoms with E-state index in [1.54, 1.807) is 30.3 Å². The quantitative estimate of drug-likeness (QED) is 0.607. The van der Waals surface area contributed by atoms with Crippen LogP contribution in [-0.4, -0.2) is 12.5 Å². The van der Waals surface area contributed by atoms with Gasteiger partial charge >= 0.3 is 0 Å². The summed E-state index contributed by atoms with van der Waals surface area (Å²) in [7, 11) is 0. The average molecular weight is 339 g/mol. The van der Waals surface area contributed by atoms with Crippen molar-refractivity contribution >= 4 is 40.5 Å². The van der Waals surface area contributed by atoms with Crippen molar-refractivity contribution in [2.45, 2.75) is 12.8 Å². The Morgan fingerprint density at radius 2 is 1.95 bits per heavy atom. The van der Waals surface area contributed by atoms with Crippen molar-refractivity contribution in [2.24, 2.45) is 0 Å². The number of halogens is 2. The van der Waals surface area contributed by atoms with E-state index in [2.05, 4.69) is 5.32 Å². The molecule has 0 atom stereocenters. The van der Waals surface area contributed by atoms with Crippen molar-refractivity contribution in [1.29, 1.82) is 0 Å². The molecule has 4 nitrogen and oxygen atoms in total. The van der Waals surface area contributed by atoms with Crippen LogP contribution in [-0.2, 0) is 4.79 Å². The highest BCUT2D eigenvalue weighted by Crippen LogP contribution is 2.25. The molecule has 22 heavy (non-hydrogen) atoms. The lowest BCUT2D eigenvalue weighted by atomic mass is 10.2. The van der Waals surface area contributed by atoms with Gasteiger partial charge in [-0.05, 0) is 36.8 Å². The Hall–Kier alpha value is -1.91. The van der Waals surface area contributed by atoms with Crippen molar-refractivity contribution in [3.8, 4) is 5.75 Å². The maximum atomic E-state index is 11.8. The summed E-state index contributed by atoms with van der Waals surface area (Å²) in [5.74, 6) is 0.498. The summed E-state index contributed by atoms with van der Waals surface area (Å²) in [5.41, 5.74) is 6.89. The van der Waals surface area contributed by atoms with Crippen molar-refractivity contribution in [2.75, 3.05) is 17.7 Å². The molecule has 116 valence electrons. The summed E-state index contributed by atoms with van der Waals surface area (Å²) >= 11 is 11.8. The van der Waals surface area contributed by atoms with Crippen LogP contribution in [0.15, 0.2) is 42.5 Å². The monoisotopic (exact) mass is 338 g/mol. The second-order valence-electron chi connectivity index (χ2n) is 4.66. The summed E-state index contributed by atoms with van der Waals surface area (Å²) in [6.45, 7) is 0.413. The normalized spacial score (nSPS) is 10.3. The maximum absolute atomic E-state index is 11.8. The number of nitrogen functional groups attached to an aromatic ring is 1. The predicted octanol–water partition coefficient (Wildman–Crippen LogP) is 4.37. The van der Waals surface area contributed by atoms with Gasteiger partial charge in [0.15, 0.2) is 0 Å². The van der Waals surface area contributed by atoms with Gasteiger partial charge in [0.2, 0.25) is 5.91 Å². The van der Waals surface area contributed by atoms with Crippen LogP contribution in [0.1, 0.15) is 12.8 Å². The van der Waals surface area contributed by atoms with Crippen LogP contribution < -0.4 is 15.8 Å². The summed E-state index contributed by atoms with van der Waals surface area (Å²) in [6.07, 6.45) is 0.900. The number of amides is 1. The number of nitrogens with one attached hydrogen (secondary N) is 1. The number of rotatable bonds is 6. The molecular weight excluding hydrogens is 323 g/mol. The average Bonchev–Trinajstić information content (AvgIpc) is 2.48. The SMILES string of the molecule is Nc1ccccc1OCCCC(=O)Nc1ccc(Cl)cc1Cl. The first-order chi connectivity index (χ1) is 10.6. The van der Waals surface area contributed by atoms with E-state index in [0.717, 1.165) is 0 Å². The minimum Gasteiger partial charge on any atom is -0.491 e. The Balaban J connectivity index is 1.75. The summed E-state index contributed by atoms with van der Waals surface area (Å²) < 4.78 is 5.53. The van der Waals surface area contributed by atoms with E-state index in [0.29, 0.717) is 46.6 Å². The number of para-hydroxylation sites is 2. The third-order valence-electron chi connectivity index (χ3n) is 2.93. The standard InChI is InChI=1S/C16H16Cl2N2O2/c17-11-7-8-14(12(18)10-11)20-16(21)6-3-9-22-15-5-2-1-4-13(15)19/h1-2,4-5,7-8,10H,3,6,9,19H2,(H,20,21). The van der Waals surface area contributed by atoms with Gasteiger partial charge in [0.25, 0.3) is 0 Å². The van der Waals surface area contributed by atoms with Gasteiger partial charge < -0.3 is 15.8 Å². The largest absolute Gasteiger partial charge is 0.491 e. The molecule has 0 unspecified atom stereocenters. The summed E-state index contributed by atoms with van der Waals surface area (Å²) in [4.78, 5) is 11.8. The van der Waals surface area contributed by atoms with E-state index in [9.17, 15) is 4.79 Å². The molecule has 0 aliphatic heterocycles. The van der Waals surface area contributed by atoms with Crippen LogP contribution in [0.25, 0.3) is 0 Å². The molecule has 0 aromatic heterocycles. The summed E-state index contributed by atoms with van der Waals surface area (Å²) in [6, 6.07) is 12.2. The van der Waals surface area contributed by atoms with Gasteiger partial charge in [-0.25, -0.2) is 0 Å². The van der Waals surface area contributed by atoms with Gasteiger partial charge in [0.05, 0.1) is 23.0 Å². The zero-order valence-corrected chi connectivity index (χ0v) is 13.3. The van der Waals surface area contributed by atoms with Gasteiger partial charge in [-0.2, -0.15) is 0 Å². The molecule has 0 radical (unpaired) electrons. The number of carbonyl (C=O) groups excluding carboxylic acids is 1. The molecule has 3 N–H and O–H groups in total. The number of benzene rings is 2. The van der Waals surface area contributed by atoms with E-state index >= 15 is 0 Å². The fraction of sp³-hybridized carbons (Fsp3) is 0.188. The van der Waals surface area contributed by atoms with Gasteiger partial charge in [-0.15, -0.1) is 0 Å². The second kappa shape index (κ2) is 7.92. The lowest BCUT2D eigenvalue weighted by Crippen LogP contribution is -2.13. The van der Waals surface area contributed by atoms with Crippen LogP contribution >= 0.6 is 23.2 Å². The molecule has 0 bridgehead atoms. The fourth-order valence-electron chi connectivity index (χ4n) is 1.83. The van der Waals surface area contributed by atoms with Crippen molar-refractivity contribution in [3.63, 3.8) is 0 Å². The number of hydrogen-bond acceptors (Lipinski definition) is 3. The lowest BCUT2D eigenvalue weighted by molar-refractivity contribution is -0.116. The number of carbonyl (C=O) groups is 1. The second-order valence-corrected chi connectivity index (χ2v) is 5.51. The first-order valence-corrected chi connectivity index (χ1v) is 7.54. The molecule has 0 aliphatic carbocycles. The molecule has 0 aliphatic rings. The Morgan fingerprint density at radius 3 is 2.68 bits per heavy atom. The molecule has 6 heteroatoms. The van der Waals surface area contributed by atoms with Crippen LogP contribution in [0.3, 0.4) is 0 Å². The van der Waals surface area contributed by atoms with Crippen molar-refractivity contribution in [3.05, 3.63) is 52.5 Å². The van der Waals surface area contributed by atoms with E-state index in [-0.39, 0.29) is 5.91 Å². The Labute approximate surface area is 139 Å². The highest BCUT2D eigenvalue weighted by Gasteiger charge is 2.07. The number of hydrogen-bond donors (Lipinski definition) is 2. The molecule has 0 heterocycles. The Kier molecular flexibility index (Phi) is 5.92. The van der Waals surface area contributed by atoms with Gasteiger partial charge in [-0.3, -0.25) is 4.79 Å². The first-order valence-electron chi connectivity index (χ1n) is 6.78. The molecule has 2 rings (SSSR count). The zero-order valence-electron chi connectivity index (χ0n) is 11.8. The molecule has 0 spiro atoms. The number of nitrogens with two attached hydrogens (primary N) is 1. The van der Waals surface area contributed by atoms with Gasteiger partial charge in [0, 0.05) is 11.4 Å². The summed E-state index contributed by atoms with van der Waals surface area (Å²) in [5, 5.41) is 3.67. The molecule has 0 saturated carbocycles. The molecular formula is C16H16Cl2N2O2. The highest BCUT2D eigenvalue weighted by molar-refractivity contribution is 6.36. The molecule has 0 fully saturated rings. The van der Waals surface area contributed by atoms with Crippen molar-refractivity contribution in [1.82, 2.24) is 0 Å². The molecule has 2 aromatic carbocycles. The highest BCUT2D eigenvalue weighted by atomic mass is 35.5. The van der Waals surface area contributed by atoms with E-state index in [1.165, 1.54) is 0 Å².